The van der Waals surface area contributed by atoms with Gasteiger partial charge in [-0.15, -0.1) is 0 Å². The molecule has 0 spiro atoms. The van der Waals surface area contributed by atoms with Gasteiger partial charge in [0, 0.05) is 22.6 Å². The molecule has 39 heavy (non-hydrogen) atoms. The second kappa shape index (κ2) is 20.7. The first-order chi connectivity index (χ1) is 18.2. The van der Waals surface area contributed by atoms with E-state index < -0.39 is 0 Å². The van der Waals surface area contributed by atoms with Crippen molar-refractivity contribution in [1.29, 1.82) is 0 Å². The van der Waals surface area contributed by atoms with Crippen LogP contribution in [0.3, 0.4) is 0 Å². The van der Waals surface area contributed by atoms with E-state index in [1.54, 1.807) is 0 Å². The Bertz CT molecular complexity index is 635. The zero-order valence-electron chi connectivity index (χ0n) is 28.1. The summed E-state index contributed by atoms with van der Waals surface area (Å²) in [5, 5.41) is 0. The third kappa shape index (κ3) is 20.4. The van der Waals surface area contributed by atoms with Gasteiger partial charge in [-0.05, 0) is 85.0 Å². The summed E-state index contributed by atoms with van der Waals surface area (Å²) in [7, 11) is 0. The van der Waals surface area contributed by atoms with Crippen molar-refractivity contribution in [3.63, 3.8) is 0 Å². The smallest absolute Gasteiger partial charge is 0.0704 e. The maximum Gasteiger partial charge on any atom is 0.0704 e. The van der Waals surface area contributed by atoms with E-state index in [2.05, 4.69) is 90.0 Å². The van der Waals surface area contributed by atoms with E-state index in [1.165, 1.54) is 17.1 Å². The maximum absolute atomic E-state index is 6.27. The Labute approximate surface area is 242 Å². The number of aliphatic imine (C=N–C) groups is 3. The molecule has 0 bridgehead atoms. The molecule has 0 rings (SSSR count). The average molecular weight is 552 g/mol. The van der Waals surface area contributed by atoms with Crippen LogP contribution < -0.4 is 0 Å². The SMILES string of the molecule is CCC(COCC(C)N=C(C)CC(C)C)(COCC(C)N=C(C)CC(C)C)COCC(C)N=C(C)CC(C)C. The van der Waals surface area contributed by atoms with Gasteiger partial charge in [0.2, 0.25) is 0 Å². The standard InChI is InChI=1S/C33H65N3O3/c1-14-33(21-37-18-30(11)34-27(8)15-24(2)3,22-38-19-31(12)35-28(9)16-25(4)5)23-39-20-32(13)36-29(10)17-26(6)7/h24-26,30-32H,14-23H2,1-13H3. The first kappa shape index (κ1) is 37.9. The topological polar surface area (TPSA) is 64.8 Å². The monoisotopic (exact) mass is 552 g/mol. The highest BCUT2D eigenvalue weighted by Crippen LogP contribution is 2.25. The third-order valence-corrected chi connectivity index (χ3v) is 6.49. The Hall–Kier alpha value is -1.11. The zero-order chi connectivity index (χ0) is 30.0. The molecule has 0 N–H and O–H groups in total. The molecular formula is C33H65N3O3. The molecule has 0 aromatic heterocycles. The molecule has 3 atom stereocenters. The Kier molecular flexibility index (Phi) is 20.1. The maximum atomic E-state index is 6.27. The van der Waals surface area contributed by atoms with Crippen LogP contribution in [-0.2, 0) is 14.2 Å². The van der Waals surface area contributed by atoms with Crippen molar-refractivity contribution in [3.8, 4) is 0 Å². The van der Waals surface area contributed by atoms with E-state index in [9.17, 15) is 0 Å². The average Bonchev–Trinajstić information content (AvgIpc) is 2.76. The van der Waals surface area contributed by atoms with Gasteiger partial charge >= 0.3 is 0 Å². The van der Waals surface area contributed by atoms with E-state index in [-0.39, 0.29) is 23.5 Å². The largest absolute Gasteiger partial charge is 0.378 e. The summed E-state index contributed by atoms with van der Waals surface area (Å²) < 4.78 is 18.8. The molecule has 0 aliphatic carbocycles. The fourth-order valence-electron chi connectivity index (χ4n) is 4.94. The van der Waals surface area contributed by atoms with Crippen LogP contribution in [0.2, 0.25) is 0 Å². The summed E-state index contributed by atoms with van der Waals surface area (Å²) in [5.74, 6) is 1.85. The molecule has 0 aliphatic rings. The minimum atomic E-state index is -0.219. The summed E-state index contributed by atoms with van der Waals surface area (Å²) >= 11 is 0. The summed E-state index contributed by atoms with van der Waals surface area (Å²) in [6.45, 7) is 31.9. The molecule has 0 aromatic carbocycles. The van der Waals surface area contributed by atoms with Crippen LogP contribution in [0.1, 0.15) is 116 Å². The van der Waals surface area contributed by atoms with Crippen LogP contribution in [0.15, 0.2) is 15.0 Å². The molecule has 6 heteroatoms. The van der Waals surface area contributed by atoms with Gasteiger partial charge in [-0.3, -0.25) is 15.0 Å². The molecule has 0 amide bonds. The number of hydrogen-bond donors (Lipinski definition) is 0. The van der Waals surface area contributed by atoms with Gasteiger partial charge in [0.25, 0.3) is 0 Å². The van der Waals surface area contributed by atoms with Crippen molar-refractivity contribution in [1.82, 2.24) is 0 Å². The molecule has 3 unspecified atom stereocenters. The lowest BCUT2D eigenvalue weighted by atomic mass is 9.88. The van der Waals surface area contributed by atoms with Gasteiger partial charge in [0.05, 0.1) is 57.8 Å². The third-order valence-electron chi connectivity index (χ3n) is 6.49. The van der Waals surface area contributed by atoms with Gasteiger partial charge < -0.3 is 14.2 Å². The highest BCUT2D eigenvalue weighted by atomic mass is 16.5. The summed E-state index contributed by atoms with van der Waals surface area (Å²) in [6.07, 6.45) is 3.99. The molecule has 0 aromatic rings. The molecular weight excluding hydrogens is 486 g/mol. The van der Waals surface area contributed by atoms with E-state index in [0.29, 0.717) is 57.4 Å². The van der Waals surface area contributed by atoms with Gasteiger partial charge in [-0.1, -0.05) is 48.5 Å². The highest BCUT2D eigenvalue weighted by molar-refractivity contribution is 5.83. The van der Waals surface area contributed by atoms with Crippen LogP contribution in [0.25, 0.3) is 0 Å². The lowest BCUT2D eigenvalue weighted by Crippen LogP contribution is -2.38. The van der Waals surface area contributed by atoms with Crippen LogP contribution in [0.4, 0.5) is 0 Å². The predicted molar refractivity (Wildman–Crippen MR) is 171 cm³/mol. The number of nitrogens with zero attached hydrogens (tertiary/aromatic N) is 3. The van der Waals surface area contributed by atoms with Crippen molar-refractivity contribution >= 4 is 17.1 Å². The Balaban J connectivity index is 5.21. The van der Waals surface area contributed by atoms with E-state index >= 15 is 0 Å². The van der Waals surface area contributed by atoms with Crippen molar-refractivity contribution in [2.45, 2.75) is 134 Å². The fourth-order valence-corrected chi connectivity index (χ4v) is 4.94. The van der Waals surface area contributed by atoms with Crippen molar-refractivity contribution in [2.24, 2.45) is 38.1 Å². The molecule has 0 heterocycles. The summed E-state index contributed by atoms with van der Waals surface area (Å²) in [4.78, 5) is 14.5. The van der Waals surface area contributed by atoms with E-state index in [0.717, 1.165) is 25.7 Å². The Morgan fingerprint density at radius 3 is 0.974 bits per heavy atom. The van der Waals surface area contributed by atoms with Crippen molar-refractivity contribution in [3.05, 3.63) is 0 Å². The van der Waals surface area contributed by atoms with Crippen LogP contribution in [0, 0.1) is 23.2 Å². The Morgan fingerprint density at radius 2 is 0.769 bits per heavy atom. The van der Waals surface area contributed by atoms with Crippen molar-refractivity contribution < 1.29 is 14.2 Å². The number of ether oxygens (including phenoxy) is 3. The first-order valence-corrected chi connectivity index (χ1v) is 15.5. The summed E-state index contributed by atoms with van der Waals surface area (Å²) in [6, 6.07) is 0.408. The second-order valence-corrected chi connectivity index (χ2v) is 13.3. The minimum absolute atomic E-state index is 0.136. The number of rotatable bonds is 22. The highest BCUT2D eigenvalue weighted by Gasteiger charge is 2.30. The molecule has 0 radical (unpaired) electrons. The molecule has 0 saturated carbocycles. The van der Waals surface area contributed by atoms with Crippen LogP contribution in [-0.4, -0.2) is 74.9 Å². The van der Waals surface area contributed by atoms with Gasteiger partial charge in [-0.2, -0.15) is 0 Å². The molecule has 230 valence electrons. The molecule has 0 saturated heterocycles. The first-order valence-electron chi connectivity index (χ1n) is 15.5. The molecule has 0 fully saturated rings. The lowest BCUT2D eigenvalue weighted by Gasteiger charge is -2.33. The fraction of sp³-hybridized carbons (Fsp3) is 0.909. The normalized spacial score (nSPS) is 17.7. The van der Waals surface area contributed by atoms with E-state index in [1.807, 2.05) is 0 Å². The van der Waals surface area contributed by atoms with Gasteiger partial charge in [0.1, 0.15) is 0 Å². The predicted octanol–water partition coefficient (Wildman–Crippen LogP) is 8.12. The van der Waals surface area contributed by atoms with Gasteiger partial charge in [-0.25, -0.2) is 0 Å². The van der Waals surface area contributed by atoms with E-state index in [4.69, 9.17) is 29.2 Å². The zero-order valence-corrected chi connectivity index (χ0v) is 28.1. The Morgan fingerprint density at radius 1 is 0.513 bits per heavy atom. The second-order valence-electron chi connectivity index (χ2n) is 13.3. The minimum Gasteiger partial charge on any atom is -0.378 e. The molecule has 0 aliphatic heterocycles. The van der Waals surface area contributed by atoms with Crippen molar-refractivity contribution in [2.75, 3.05) is 39.6 Å². The van der Waals surface area contributed by atoms with Crippen LogP contribution in [0.5, 0.6) is 0 Å². The lowest BCUT2D eigenvalue weighted by molar-refractivity contribution is -0.0748. The molecule has 6 nitrogen and oxygen atoms in total. The van der Waals surface area contributed by atoms with Gasteiger partial charge in [0.15, 0.2) is 0 Å². The van der Waals surface area contributed by atoms with Crippen LogP contribution >= 0.6 is 0 Å². The quantitative estimate of drug-likeness (QED) is 0.128. The number of hydrogen-bond acceptors (Lipinski definition) is 6. The summed E-state index contributed by atoms with van der Waals surface area (Å²) in [5.41, 5.74) is 3.36.